The first-order valence-corrected chi connectivity index (χ1v) is 9.22. The SMILES string of the molecule is O=C(O)[C@H]1OC(Oc2c(-c3ccc(O)cc3)oc3ccccc3c2=O)[C@H](O)[C@@H](O)[C@@H]1O. The predicted molar refractivity (Wildman–Crippen MR) is 105 cm³/mol. The Morgan fingerprint density at radius 1 is 0.935 bits per heavy atom. The molecule has 1 saturated heterocycles. The number of phenolic OH excluding ortho intramolecular Hbond substituents is 1. The number of ether oxygens (including phenoxy) is 2. The largest absolute Gasteiger partial charge is 0.508 e. The summed E-state index contributed by atoms with van der Waals surface area (Å²) in [5.41, 5.74) is -0.0450. The lowest BCUT2D eigenvalue weighted by atomic mass is 9.99. The van der Waals surface area contributed by atoms with Gasteiger partial charge in [0, 0.05) is 5.56 Å². The van der Waals surface area contributed by atoms with E-state index in [0.717, 1.165) is 0 Å². The molecule has 0 radical (unpaired) electrons. The smallest absolute Gasteiger partial charge is 0.335 e. The molecular formula is C21H18O10. The minimum Gasteiger partial charge on any atom is -0.508 e. The number of carboxylic acids is 1. The quantitative estimate of drug-likeness (QED) is 0.392. The molecule has 0 bridgehead atoms. The van der Waals surface area contributed by atoms with Crippen LogP contribution in [0.15, 0.2) is 57.7 Å². The van der Waals surface area contributed by atoms with E-state index in [9.17, 15) is 35.1 Å². The first-order valence-electron chi connectivity index (χ1n) is 9.22. The van der Waals surface area contributed by atoms with Gasteiger partial charge in [0.1, 0.15) is 29.6 Å². The van der Waals surface area contributed by atoms with Crippen LogP contribution < -0.4 is 10.2 Å². The maximum absolute atomic E-state index is 13.1. The highest BCUT2D eigenvalue weighted by Crippen LogP contribution is 2.34. The molecule has 3 aromatic rings. The maximum atomic E-state index is 13.1. The zero-order valence-electron chi connectivity index (χ0n) is 15.8. The van der Waals surface area contributed by atoms with E-state index < -0.39 is 47.9 Å². The molecule has 0 aliphatic carbocycles. The molecular weight excluding hydrogens is 412 g/mol. The molecule has 2 heterocycles. The lowest BCUT2D eigenvalue weighted by molar-refractivity contribution is -0.271. The second kappa shape index (κ2) is 8.00. The van der Waals surface area contributed by atoms with Crippen LogP contribution in [0.2, 0.25) is 0 Å². The number of hydrogen-bond acceptors (Lipinski definition) is 9. The van der Waals surface area contributed by atoms with Gasteiger partial charge in [-0.15, -0.1) is 0 Å². The Balaban J connectivity index is 1.83. The van der Waals surface area contributed by atoms with E-state index in [4.69, 9.17) is 13.9 Å². The van der Waals surface area contributed by atoms with Crippen molar-refractivity contribution in [3.05, 3.63) is 58.8 Å². The van der Waals surface area contributed by atoms with Crippen molar-refractivity contribution in [1.82, 2.24) is 0 Å². The van der Waals surface area contributed by atoms with Crippen molar-refractivity contribution in [3.8, 4) is 22.8 Å². The minimum atomic E-state index is -1.91. The van der Waals surface area contributed by atoms with Crippen LogP contribution in [-0.2, 0) is 9.53 Å². The topological polar surface area (TPSA) is 167 Å². The van der Waals surface area contributed by atoms with E-state index in [1.54, 1.807) is 18.2 Å². The molecule has 10 nitrogen and oxygen atoms in total. The van der Waals surface area contributed by atoms with Gasteiger partial charge in [-0.1, -0.05) is 12.1 Å². The average Bonchev–Trinajstić information content (AvgIpc) is 2.76. The second-order valence-corrected chi connectivity index (χ2v) is 6.99. The predicted octanol–water partition coefficient (Wildman–Crippen LogP) is 0.437. The number of aliphatic hydroxyl groups is 3. The molecule has 1 unspecified atom stereocenters. The van der Waals surface area contributed by atoms with E-state index >= 15 is 0 Å². The summed E-state index contributed by atoms with van der Waals surface area (Å²) in [6.07, 6.45) is -9.35. The number of aliphatic hydroxyl groups excluding tert-OH is 3. The van der Waals surface area contributed by atoms with E-state index in [1.807, 2.05) is 0 Å². The number of hydrogen-bond donors (Lipinski definition) is 5. The Labute approximate surface area is 174 Å². The molecule has 1 fully saturated rings. The van der Waals surface area contributed by atoms with Crippen molar-refractivity contribution >= 4 is 16.9 Å². The molecule has 5 N–H and O–H groups in total. The summed E-state index contributed by atoms with van der Waals surface area (Å²) in [5.74, 6) is -2.08. The molecule has 2 aromatic carbocycles. The highest BCUT2D eigenvalue weighted by molar-refractivity contribution is 5.82. The number of aromatic hydroxyl groups is 1. The monoisotopic (exact) mass is 430 g/mol. The van der Waals surface area contributed by atoms with Crippen LogP contribution in [0.25, 0.3) is 22.3 Å². The Morgan fingerprint density at radius 2 is 1.61 bits per heavy atom. The number of benzene rings is 2. The van der Waals surface area contributed by atoms with Crippen molar-refractivity contribution in [1.29, 1.82) is 0 Å². The van der Waals surface area contributed by atoms with Gasteiger partial charge in [-0.05, 0) is 36.4 Å². The normalized spacial score (nSPS) is 26.0. The van der Waals surface area contributed by atoms with Crippen LogP contribution in [-0.4, -0.2) is 62.2 Å². The minimum absolute atomic E-state index is 0.0261. The van der Waals surface area contributed by atoms with Crippen LogP contribution in [0.5, 0.6) is 11.5 Å². The van der Waals surface area contributed by atoms with Crippen molar-refractivity contribution in [2.24, 2.45) is 0 Å². The summed E-state index contributed by atoms with van der Waals surface area (Å²) >= 11 is 0. The maximum Gasteiger partial charge on any atom is 0.335 e. The van der Waals surface area contributed by atoms with E-state index in [-0.39, 0.29) is 22.5 Å². The number of carbonyl (C=O) groups is 1. The number of para-hydroxylation sites is 1. The molecule has 10 heteroatoms. The summed E-state index contributed by atoms with van der Waals surface area (Å²) in [4.78, 5) is 24.5. The van der Waals surface area contributed by atoms with Crippen molar-refractivity contribution in [2.75, 3.05) is 0 Å². The molecule has 5 atom stereocenters. The number of fused-ring (bicyclic) bond motifs is 1. The van der Waals surface area contributed by atoms with E-state index in [1.165, 1.54) is 30.3 Å². The van der Waals surface area contributed by atoms with Crippen LogP contribution >= 0.6 is 0 Å². The van der Waals surface area contributed by atoms with E-state index in [0.29, 0.717) is 5.56 Å². The standard InChI is InChI=1S/C21H18O10/c22-10-7-5-9(6-8-10)17-18(13(23)11-3-1-2-4-12(11)29-17)30-21-16(26)14(24)15(25)19(31-21)20(27)28/h1-8,14-16,19,21-22,24-26H,(H,27,28)/t14-,15-,16+,19-,21?/m0/s1. The van der Waals surface area contributed by atoms with Crippen molar-refractivity contribution < 1.29 is 44.2 Å². The number of carboxylic acid groups (broad SMARTS) is 1. The summed E-state index contributed by atoms with van der Waals surface area (Å²) in [5, 5.41) is 49.0. The third-order valence-corrected chi connectivity index (χ3v) is 4.93. The molecule has 1 aromatic heterocycles. The molecule has 1 aliphatic rings. The average molecular weight is 430 g/mol. The zero-order chi connectivity index (χ0) is 22.3. The summed E-state index contributed by atoms with van der Waals surface area (Å²) in [6, 6.07) is 12.0. The first-order chi connectivity index (χ1) is 14.8. The van der Waals surface area contributed by atoms with Gasteiger partial charge in [-0.2, -0.15) is 0 Å². The van der Waals surface area contributed by atoms with Crippen LogP contribution in [0.4, 0.5) is 0 Å². The fourth-order valence-corrected chi connectivity index (χ4v) is 3.30. The van der Waals surface area contributed by atoms with Gasteiger partial charge in [0.2, 0.25) is 17.5 Å². The van der Waals surface area contributed by atoms with Crippen molar-refractivity contribution in [2.45, 2.75) is 30.7 Å². The number of phenols is 1. The summed E-state index contributed by atoms with van der Waals surface area (Å²) in [6.45, 7) is 0. The Morgan fingerprint density at radius 3 is 2.29 bits per heavy atom. The fourth-order valence-electron chi connectivity index (χ4n) is 3.30. The van der Waals surface area contributed by atoms with Crippen LogP contribution in [0, 0.1) is 0 Å². The van der Waals surface area contributed by atoms with Gasteiger partial charge in [-0.3, -0.25) is 4.79 Å². The van der Waals surface area contributed by atoms with Crippen LogP contribution in [0.3, 0.4) is 0 Å². The summed E-state index contributed by atoms with van der Waals surface area (Å²) in [7, 11) is 0. The Hall–Kier alpha value is -3.44. The molecule has 0 saturated carbocycles. The number of aliphatic carboxylic acids is 1. The molecule has 4 rings (SSSR count). The van der Waals surface area contributed by atoms with Gasteiger partial charge >= 0.3 is 5.97 Å². The van der Waals surface area contributed by atoms with Crippen LogP contribution in [0.1, 0.15) is 0 Å². The molecule has 31 heavy (non-hydrogen) atoms. The Bertz CT molecular complexity index is 1170. The lowest BCUT2D eigenvalue weighted by Gasteiger charge is -2.38. The summed E-state index contributed by atoms with van der Waals surface area (Å²) < 4.78 is 16.5. The van der Waals surface area contributed by atoms with E-state index in [2.05, 4.69) is 0 Å². The molecule has 1 aliphatic heterocycles. The Kier molecular flexibility index (Phi) is 5.38. The number of rotatable bonds is 4. The van der Waals surface area contributed by atoms with Crippen molar-refractivity contribution in [3.63, 3.8) is 0 Å². The lowest BCUT2D eigenvalue weighted by Crippen LogP contribution is -2.61. The third kappa shape index (κ3) is 3.73. The highest BCUT2D eigenvalue weighted by Gasteiger charge is 2.48. The van der Waals surface area contributed by atoms with Gasteiger partial charge in [0.25, 0.3) is 0 Å². The highest BCUT2D eigenvalue weighted by atomic mass is 16.7. The first kappa shape index (κ1) is 20.8. The van der Waals surface area contributed by atoms with Gasteiger partial charge in [0.15, 0.2) is 11.9 Å². The molecule has 0 amide bonds. The zero-order valence-corrected chi connectivity index (χ0v) is 15.8. The third-order valence-electron chi connectivity index (χ3n) is 4.93. The van der Waals surface area contributed by atoms with Gasteiger partial charge in [-0.25, -0.2) is 4.79 Å². The molecule has 162 valence electrons. The second-order valence-electron chi connectivity index (χ2n) is 6.99. The van der Waals surface area contributed by atoms with Gasteiger partial charge in [0.05, 0.1) is 5.39 Å². The fraction of sp³-hybridized carbons (Fsp3) is 0.238. The van der Waals surface area contributed by atoms with Gasteiger partial charge < -0.3 is 39.4 Å². The molecule has 0 spiro atoms.